The summed E-state index contributed by atoms with van der Waals surface area (Å²) in [4.78, 5) is 24.3. The molecular formula is C18H17N5O3. The van der Waals surface area contributed by atoms with E-state index in [2.05, 4.69) is 20.8 Å². The molecule has 0 fully saturated rings. The molecule has 0 bridgehead atoms. The van der Waals surface area contributed by atoms with E-state index in [1.54, 1.807) is 36.4 Å². The Hall–Kier alpha value is -3.55. The number of ether oxygens (including phenoxy) is 1. The molecule has 0 atom stereocenters. The number of tetrazole rings is 1. The van der Waals surface area contributed by atoms with Gasteiger partial charge in [-0.2, -0.15) is 0 Å². The van der Waals surface area contributed by atoms with E-state index in [1.165, 1.54) is 18.1 Å². The van der Waals surface area contributed by atoms with E-state index in [0.29, 0.717) is 16.8 Å². The summed E-state index contributed by atoms with van der Waals surface area (Å²) in [6.07, 6.45) is 1.49. The van der Waals surface area contributed by atoms with Crippen LogP contribution < -0.4 is 5.32 Å². The zero-order chi connectivity index (χ0) is 18.7. The topological polar surface area (TPSA) is 99.0 Å². The molecule has 2 aromatic carbocycles. The molecule has 1 amide bonds. The second-order valence-corrected chi connectivity index (χ2v) is 5.73. The van der Waals surface area contributed by atoms with Gasteiger partial charge in [0.05, 0.1) is 18.4 Å². The molecule has 1 aromatic heterocycles. The largest absolute Gasteiger partial charge is 0.465 e. The Labute approximate surface area is 149 Å². The number of aryl methyl sites for hydroxylation is 2. The van der Waals surface area contributed by atoms with Crippen molar-refractivity contribution in [3.63, 3.8) is 0 Å². The lowest BCUT2D eigenvalue weighted by Gasteiger charge is -2.11. The maximum absolute atomic E-state index is 12.6. The number of methoxy groups -OCH3 is 1. The SMILES string of the molecule is COC(=O)c1ccc(C)c(NC(=O)c2ccc(-n3cnnn3)c(C)c2)c1. The number of rotatable bonds is 4. The normalized spacial score (nSPS) is 10.4. The molecule has 0 aliphatic carbocycles. The van der Waals surface area contributed by atoms with E-state index in [-0.39, 0.29) is 5.91 Å². The molecule has 3 rings (SSSR count). The molecule has 1 N–H and O–H groups in total. The zero-order valence-electron chi connectivity index (χ0n) is 14.6. The van der Waals surface area contributed by atoms with E-state index in [4.69, 9.17) is 4.74 Å². The number of carbonyl (C=O) groups excluding carboxylic acids is 2. The van der Waals surface area contributed by atoms with Crippen LogP contribution >= 0.6 is 0 Å². The molecule has 8 heteroatoms. The number of hydrogen-bond acceptors (Lipinski definition) is 6. The van der Waals surface area contributed by atoms with E-state index in [9.17, 15) is 9.59 Å². The van der Waals surface area contributed by atoms with Crippen LogP contribution in [0.5, 0.6) is 0 Å². The smallest absolute Gasteiger partial charge is 0.337 e. The lowest BCUT2D eigenvalue weighted by Crippen LogP contribution is -2.14. The van der Waals surface area contributed by atoms with Crippen molar-refractivity contribution in [1.29, 1.82) is 0 Å². The fraction of sp³-hybridized carbons (Fsp3) is 0.167. The predicted octanol–water partition coefficient (Wildman–Crippen LogP) is 2.32. The van der Waals surface area contributed by atoms with Crippen LogP contribution in [0.3, 0.4) is 0 Å². The number of aromatic nitrogens is 4. The lowest BCUT2D eigenvalue weighted by molar-refractivity contribution is 0.0600. The number of esters is 1. The minimum absolute atomic E-state index is 0.276. The zero-order valence-corrected chi connectivity index (χ0v) is 14.6. The van der Waals surface area contributed by atoms with Crippen LogP contribution in [0.1, 0.15) is 31.8 Å². The number of nitrogens with zero attached hydrogens (tertiary/aromatic N) is 4. The van der Waals surface area contributed by atoms with Crippen molar-refractivity contribution in [3.8, 4) is 5.69 Å². The van der Waals surface area contributed by atoms with E-state index >= 15 is 0 Å². The maximum Gasteiger partial charge on any atom is 0.337 e. The first-order valence-corrected chi connectivity index (χ1v) is 7.84. The molecule has 0 aliphatic rings. The Balaban J connectivity index is 1.84. The third-order valence-electron chi connectivity index (χ3n) is 3.96. The number of hydrogen-bond donors (Lipinski definition) is 1. The average molecular weight is 351 g/mol. The molecule has 3 aromatic rings. The van der Waals surface area contributed by atoms with Crippen LogP contribution in [0, 0.1) is 13.8 Å². The van der Waals surface area contributed by atoms with Crippen molar-refractivity contribution in [2.75, 3.05) is 12.4 Å². The van der Waals surface area contributed by atoms with Crippen molar-refractivity contribution < 1.29 is 14.3 Å². The van der Waals surface area contributed by atoms with Crippen molar-refractivity contribution in [2.45, 2.75) is 13.8 Å². The van der Waals surface area contributed by atoms with Gasteiger partial charge in [-0.1, -0.05) is 6.07 Å². The van der Waals surface area contributed by atoms with E-state index in [1.807, 2.05) is 13.8 Å². The Kier molecular flexibility index (Phi) is 4.74. The molecule has 0 spiro atoms. The predicted molar refractivity (Wildman–Crippen MR) is 94.4 cm³/mol. The molecule has 8 nitrogen and oxygen atoms in total. The summed E-state index contributed by atoms with van der Waals surface area (Å²) in [5.41, 5.74) is 3.90. The third kappa shape index (κ3) is 3.44. The van der Waals surface area contributed by atoms with Gasteiger partial charge in [-0.25, -0.2) is 9.48 Å². The summed E-state index contributed by atoms with van der Waals surface area (Å²) >= 11 is 0. The number of nitrogens with one attached hydrogen (secondary N) is 1. The van der Waals surface area contributed by atoms with E-state index < -0.39 is 5.97 Å². The van der Waals surface area contributed by atoms with Gasteiger partial charge in [0, 0.05) is 11.3 Å². The van der Waals surface area contributed by atoms with Gasteiger partial charge in [0.25, 0.3) is 5.91 Å². The summed E-state index contributed by atoms with van der Waals surface area (Å²) in [6, 6.07) is 10.2. The highest BCUT2D eigenvalue weighted by Crippen LogP contribution is 2.20. The summed E-state index contributed by atoms with van der Waals surface area (Å²) in [5.74, 6) is -0.733. The van der Waals surface area contributed by atoms with Gasteiger partial charge >= 0.3 is 5.97 Å². The molecule has 1 heterocycles. The van der Waals surface area contributed by atoms with Gasteiger partial charge in [0.1, 0.15) is 6.33 Å². The van der Waals surface area contributed by atoms with Crippen LogP contribution in [0.25, 0.3) is 5.69 Å². The minimum Gasteiger partial charge on any atom is -0.465 e. The standard InChI is InChI=1S/C18H17N5O3/c1-11-4-5-14(18(25)26-3)9-15(11)20-17(24)13-6-7-16(12(2)8-13)23-10-19-21-22-23/h4-10H,1-3H3,(H,20,24). The highest BCUT2D eigenvalue weighted by Gasteiger charge is 2.13. The second-order valence-electron chi connectivity index (χ2n) is 5.73. The molecule has 132 valence electrons. The minimum atomic E-state index is -0.456. The van der Waals surface area contributed by atoms with Crippen molar-refractivity contribution in [1.82, 2.24) is 20.2 Å². The monoisotopic (exact) mass is 351 g/mol. The van der Waals surface area contributed by atoms with Crippen LogP contribution in [0.2, 0.25) is 0 Å². The third-order valence-corrected chi connectivity index (χ3v) is 3.96. The van der Waals surface area contributed by atoms with Crippen LogP contribution in [-0.4, -0.2) is 39.2 Å². The first-order chi connectivity index (χ1) is 12.5. The first kappa shape index (κ1) is 17.3. The number of anilines is 1. The average Bonchev–Trinajstić information content (AvgIpc) is 3.17. The van der Waals surface area contributed by atoms with Gasteiger partial charge in [-0.3, -0.25) is 4.79 Å². The summed E-state index contributed by atoms with van der Waals surface area (Å²) in [7, 11) is 1.31. The van der Waals surface area contributed by atoms with Gasteiger partial charge in [0.2, 0.25) is 0 Å². The van der Waals surface area contributed by atoms with Crippen molar-refractivity contribution in [3.05, 3.63) is 65.0 Å². The van der Waals surface area contributed by atoms with Crippen molar-refractivity contribution >= 4 is 17.6 Å². The molecule has 0 saturated carbocycles. The number of carbonyl (C=O) groups is 2. The molecular weight excluding hydrogens is 334 g/mol. The summed E-state index contributed by atoms with van der Waals surface area (Å²) in [6.45, 7) is 3.72. The molecule has 0 aliphatic heterocycles. The molecule has 26 heavy (non-hydrogen) atoms. The Morgan fingerprint density at radius 3 is 2.46 bits per heavy atom. The Morgan fingerprint density at radius 1 is 1.04 bits per heavy atom. The van der Waals surface area contributed by atoms with Gasteiger partial charge in [-0.05, 0) is 65.7 Å². The van der Waals surface area contributed by atoms with E-state index in [0.717, 1.165) is 16.8 Å². The fourth-order valence-electron chi connectivity index (χ4n) is 2.52. The Bertz CT molecular complexity index is 967. The first-order valence-electron chi connectivity index (χ1n) is 7.84. The summed E-state index contributed by atoms with van der Waals surface area (Å²) < 4.78 is 6.24. The molecule has 0 radical (unpaired) electrons. The highest BCUT2D eigenvalue weighted by atomic mass is 16.5. The fourth-order valence-corrected chi connectivity index (χ4v) is 2.52. The summed E-state index contributed by atoms with van der Waals surface area (Å²) in [5, 5.41) is 13.9. The highest BCUT2D eigenvalue weighted by molar-refractivity contribution is 6.05. The van der Waals surface area contributed by atoms with Gasteiger partial charge in [0.15, 0.2) is 0 Å². The second kappa shape index (κ2) is 7.14. The number of benzene rings is 2. The van der Waals surface area contributed by atoms with Crippen molar-refractivity contribution in [2.24, 2.45) is 0 Å². The van der Waals surface area contributed by atoms with Crippen LogP contribution in [0.15, 0.2) is 42.7 Å². The van der Waals surface area contributed by atoms with Crippen LogP contribution in [-0.2, 0) is 4.74 Å². The van der Waals surface area contributed by atoms with Gasteiger partial charge in [-0.15, -0.1) is 5.10 Å². The Morgan fingerprint density at radius 2 is 1.81 bits per heavy atom. The molecule has 0 unspecified atom stereocenters. The lowest BCUT2D eigenvalue weighted by atomic mass is 10.1. The van der Waals surface area contributed by atoms with Crippen LogP contribution in [0.4, 0.5) is 5.69 Å². The number of amides is 1. The quantitative estimate of drug-likeness (QED) is 0.724. The molecule has 0 saturated heterocycles. The van der Waals surface area contributed by atoms with Gasteiger partial charge < -0.3 is 10.1 Å². The maximum atomic E-state index is 12.6.